The fourth-order valence-electron chi connectivity index (χ4n) is 3.89. The van der Waals surface area contributed by atoms with E-state index in [-0.39, 0.29) is 16.5 Å². The lowest BCUT2D eigenvalue weighted by atomic mass is 10.1. The lowest BCUT2D eigenvalue weighted by Gasteiger charge is -2.35. The van der Waals surface area contributed by atoms with Gasteiger partial charge in [0.1, 0.15) is 5.02 Å². The van der Waals surface area contributed by atoms with Gasteiger partial charge in [0.15, 0.2) is 0 Å². The Labute approximate surface area is 192 Å². The minimum atomic E-state index is -0.341. The topological polar surface area (TPSA) is 70.5 Å². The van der Waals surface area contributed by atoms with Crippen molar-refractivity contribution in [2.45, 2.75) is 13.3 Å². The van der Waals surface area contributed by atoms with Gasteiger partial charge >= 0.3 is 0 Å². The Hall–Kier alpha value is -3.16. The number of hydrogen-bond acceptors (Lipinski definition) is 5. The summed E-state index contributed by atoms with van der Waals surface area (Å²) in [5, 5.41) is 7.49. The Morgan fingerprint density at radius 1 is 1.03 bits per heavy atom. The zero-order valence-corrected chi connectivity index (χ0v) is 18.8. The average Bonchev–Trinajstić information content (AvgIpc) is 2.82. The second kappa shape index (κ2) is 9.97. The SMILES string of the molecule is CCc1ccccc1NC(=O)CN1CCN(c2cnn(-c3ccccc3)c(=O)c2Cl)CC1. The van der Waals surface area contributed by atoms with Gasteiger partial charge in [0.25, 0.3) is 5.56 Å². The first-order chi connectivity index (χ1) is 15.6. The number of amides is 1. The van der Waals surface area contributed by atoms with Crippen LogP contribution in [0.1, 0.15) is 12.5 Å². The van der Waals surface area contributed by atoms with Crippen LogP contribution in [0, 0.1) is 0 Å². The first-order valence-electron chi connectivity index (χ1n) is 10.7. The first-order valence-corrected chi connectivity index (χ1v) is 11.1. The Morgan fingerprint density at radius 2 is 1.72 bits per heavy atom. The molecule has 0 unspecified atom stereocenters. The van der Waals surface area contributed by atoms with Crippen LogP contribution in [0.2, 0.25) is 5.02 Å². The van der Waals surface area contributed by atoms with Gasteiger partial charge in [-0.3, -0.25) is 14.5 Å². The van der Waals surface area contributed by atoms with E-state index in [2.05, 4.69) is 22.2 Å². The summed E-state index contributed by atoms with van der Waals surface area (Å²) in [4.78, 5) is 29.4. The molecule has 0 saturated carbocycles. The molecule has 166 valence electrons. The Kier molecular flexibility index (Phi) is 6.87. The Bertz CT molecular complexity index is 1140. The summed E-state index contributed by atoms with van der Waals surface area (Å²) >= 11 is 6.43. The highest BCUT2D eigenvalue weighted by atomic mass is 35.5. The van der Waals surface area contributed by atoms with Crippen molar-refractivity contribution in [3.05, 3.63) is 81.7 Å². The van der Waals surface area contributed by atoms with Gasteiger partial charge in [0.05, 0.1) is 24.1 Å². The number of carbonyl (C=O) groups excluding carboxylic acids is 1. The summed E-state index contributed by atoms with van der Waals surface area (Å²) in [7, 11) is 0. The second-order valence-electron chi connectivity index (χ2n) is 7.72. The smallest absolute Gasteiger partial charge is 0.292 e. The Balaban J connectivity index is 1.37. The van der Waals surface area contributed by atoms with Crippen molar-refractivity contribution in [1.82, 2.24) is 14.7 Å². The highest BCUT2D eigenvalue weighted by Gasteiger charge is 2.23. The summed E-state index contributed by atoms with van der Waals surface area (Å²) in [6.45, 7) is 5.11. The van der Waals surface area contributed by atoms with Crippen LogP contribution in [0.4, 0.5) is 11.4 Å². The molecule has 32 heavy (non-hydrogen) atoms. The van der Waals surface area contributed by atoms with Crippen molar-refractivity contribution in [2.75, 3.05) is 42.9 Å². The molecule has 0 atom stereocenters. The molecule has 8 heteroatoms. The molecule has 0 bridgehead atoms. The lowest BCUT2D eigenvalue weighted by molar-refractivity contribution is -0.117. The number of aromatic nitrogens is 2. The summed E-state index contributed by atoms with van der Waals surface area (Å²) in [5.74, 6) is -0.0236. The van der Waals surface area contributed by atoms with Gasteiger partial charge in [-0.1, -0.05) is 54.9 Å². The molecule has 0 spiro atoms. The van der Waals surface area contributed by atoms with E-state index >= 15 is 0 Å². The van der Waals surface area contributed by atoms with Crippen molar-refractivity contribution >= 4 is 28.9 Å². The largest absolute Gasteiger partial charge is 0.366 e. The number of carbonyl (C=O) groups is 1. The molecule has 1 aliphatic rings. The van der Waals surface area contributed by atoms with Gasteiger partial charge in [-0.05, 0) is 30.2 Å². The molecule has 7 nitrogen and oxygen atoms in total. The molecule has 1 aromatic heterocycles. The third kappa shape index (κ3) is 4.84. The van der Waals surface area contributed by atoms with E-state index in [9.17, 15) is 9.59 Å². The molecular formula is C24H26ClN5O2. The highest BCUT2D eigenvalue weighted by molar-refractivity contribution is 6.33. The van der Waals surface area contributed by atoms with E-state index in [1.54, 1.807) is 6.20 Å². The van der Waals surface area contributed by atoms with Crippen molar-refractivity contribution in [3.8, 4) is 5.69 Å². The van der Waals surface area contributed by atoms with Crippen molar-refractivity contribution < 1.29 is 4.79 Å². The van der Waals surface area contributed by atoms with Gasteiger partial charge in [-0.15, -0.1) is 0 Å². The number of piperazine rings is 1. The second-order valence-corrected chi connectivity index (χ2v) is 8.10. The predicted molar refractivity (Wildman–Crippen MR) is 128 cm³/mol. The molecule has 0 aliphatic carbocycles. The first kappa shape index (κ1) is 22.0. The van der Waals surface area contributed by atoms with Crippen LogP contribution >= 0.6 is 11.6 Å². The van der Waals surface area contributed by atoms with Crippen LogP contribution in [-0.2, 0) is 11.2 Å². The van der Waals surface area contributed by atoms with Crippen LogP contribution < -0.4 is 15.8 Å². The zero-order chi connectivity index (χ0) is 22.5. The van der Waals surface area contributed by atoms with Crippen molar-refractivity contribution in [1.29, 1.82) is 0 Å². The van der Waals surface area contributed by atoms with E-state index in [0.29, 0.717) is 44.1 Å². The third-order valence-electron chi connectivity index (χ3n) is 5.65. The van der Waals surface area contributed by atoms with Crippen molar-refractivity contribution in [3.63, 3.8) is 0 Å². The summed E-state index contributed by atoms with van der Waals surface area (Å²) in [5.41, 5.74) is 2.96. The molecule has 3 aromatic rings. The van der Waals surface area contributed by atoms with Crippen LogP contribution in [0.3, 0.4) is 0 Å². The molecule has 1 amide bonds. The maximum atomic E-state index is 12.7. The maximum absolute atomic E-state index is 12.7. The quantitative estimate of drug-likeness (QED) is 0.623. The monoisotopic (exact) mass is 451 g/mol. The minimum Gasteiger partial charge on any atom is -0.366 e. The van der Waals surface area contributed by atoms with Gasteiger partial charge < -0.3 is 10.2 Å². The maximum Gasteiger partial charge on any atom is 0.292 e. The van der Waals surface area contributed by atoms with E-state index in [1.807, 2.05) is 59.5 Å². The van der Waals surface area contributed by atoms with Crippen molar-refractivity contribution in [2.24, 2.45) is 0 Å². The van der Waals surface area contributed by atoms with E-state index < -0.39 is 0 Å². The van der Waals surface area contributed by atoms with Crippen LogP contribution in [0.15, 0.2) is 65.6 Å². The number of hydrogen-bond donors (Lipinski definition) is 1. The van der Waals surface area contributed by atoms with E-state index in [4.69, 9.17) is 11.6 Å². The normalized spacial score (nSPS) is 14.4. The average molecular weight is 452 g/mol. The van der Waals surface area contributed by atoms with E-state index in [1.165, 1.54) is 4.68 Å². The van der Waals surface area contributed by atoms with Gasteiger partial charge in [0.2, 0.25) is 5.91 Å². The number of nitrogens with zero attached hydrogens (tertiary/aromatic N) is 4. The summed E-state index contributed by atoms with van der Waals surface area (Å²) in [6, 6.07) is 17.1. The van der Waals surface area contributed by atoms with Crippen LogP contribution in [-0.4, -0.2) is 53.3 Å². The van der Waals surface area contributed by atoms with Gasteiger partial charge in [0, 0.05) is 31.9 Å². The lowest BCUT2D eigenvalue weighted by Crippen LogP contribution is -2.49. The molecule has 2 aromatic carbocycles. The minimum absolute atomic E-state index is 0.0236. The number of aryl methyl sites for hydroxylation is 1. The standard InChI is InChI=1S/C24H26ClN5O2/c1-2-18-8-6-7-11-20(18)27-22(31)17-28-12-14-29(15-13-28)21-16-26-30(24(32)23(21)25)19-9-4-3-5-10-19/h3-11,16H,2,12-15,17H2,1H3,(H,27,31). The summed E-state index contributed by atoms with van der Waals surface area (Å²) in [6.07, 6.45) is 2.51. The number of rotatable bonds is 6. The molecule has 0 radical (unpaired) electrons. The fraction of sp³-hybridized carbons (Fsp3) is 0.292. The number of anilines is 2. The predicted octanol–water partition coefficient (Wildman–Crippen LogP) is 3.21. The number of nitrogens with one attached hydrogen (secondary N) is 1. The highest BCUT2D eigenvalue weighted by Crippen LogP contribution is 2.23. The number of benzene rings is 2. The molecule has 4 rings (SSSR count). The third-order valence-corrected chi connectivity index (χ3v) is 6.01. The Morgan fingerprint density at radius 3 is 2.44 bits per heavy atom. The molecule has 1 saturated heterocycles. The molecular weight excluding hydrogens is 426 g/mol. The number of halogens is 1. The fourth-order valence-corrected chi connectivity index (χ4v) is 4.14. The molecule has 1 fully saturated rings. The molecule has 2 heterocycles. The summed E-state index contributed by atoms with van der Waals surface area (Å²) < 4.78 is 1.31. The van der Waals surface area contributed by atoms with Gasteiger partial charge in [-0.2, -0.15) is 9.78 Å². The van der Waals surface area contributed by atoms with E-state index in [0.717, 1.165) is 17.7 Å². The molecule has 1 N–H and O–H groups in total. The van der Waals surface area contributed by atoms with Crippen LogP contribution in [0.5, 0.6) is 0 Å². The molecule has 1 aliphatic heterocycles. The van der Waals surface area contributed by atoms with Gasteiger partial charge in [-0.25, -0.2) is 0 Å². The zero-order valence-electron chi connectivity index (χ0n) is 18.0. The number of para-hydroxylation sites is 2. The van der Waals surface area contributed by atoms with Crippen LogP contribution in [0.25, 0.3) is 5.69 Å².